The predicted molar refractivity (Wildman–Crippen MR) is 193 cm³/mol. The highest BCUT2D eigenvalue weighted by Gasteiger charge is 2.42. The van der Waals surface area contributed by atoms with Crippen LogP contribution in [0.15, 0.2) is 0 Å². The van der Waals surface area contributed by atoms with Crippen molar-refractivity contribution in [1.29, 1.82) is 0 Å². The van der Waals surface area contributed by atoms with Crippen molar-refractivity contribution in [3.63, 3.8) is 0 Å². The number of nitrogens with zero attached hydrogens (tertiary/aromatic N) is 2. The highest BCUT2D eigenvalue weighted by Crippen LogP contribution is 2.30. The van der Waals surface area contributed by atoms with Crippen LogP contribution in [-0.2, 0) is 28.8 Å². The van der Waals surface area contributed by atoms with E-state index in [-0.39, 0.29) is 17.7 Å². The molecule has 0 radical (unpaired) electrons. The third-order valence-electron chi connectivity index (χ3n) is 11.5. The summed E-state index contributed by atoms with van der Waals surface area (Å²) in [5.74, 6) is -1.58. The molecule has 0 aromatic rings. The summed E-state index contributed by atoms with van der Waals surface area (Å²) in [6.45, 7) is 6.03. The molecule has 0 aromatic heterocycles. The van der Waals surface area contributed by atoms with Gasteiger partial charge in [-0.05, 0) is 83.5 Å². The lowest BCUT2D eigenvalue weighted by Gasteiger charge is -2.40. The van der Waals surface area contributed by atoms with Crippen molar-refractivity contribution in [1.82, 2.24) is 31.1 Å². The molecule has 5 N–H and O–H groups in total. The van der Waals surface area contributed by atoms with Crippen LogP contribution in [0.4, 0.5) is 0 Å². The summed E-state index contributed by atoms with van der Waals surface area (Å²) in [6, 6.07) is -4.40. The normalized spacial score (nSPS) is 24.2. The van der Waals surface area contributed by atoms with Crippen molar-refractivity contribution in [2.45, 2.75) is 173 Å². The molecule has 13 nitrogen and oxygen atoms in total. The van der Waals surface area contributed by atoms with Gasteiger partial charge in [-0.3, -0.25) is 28.8 Å². The van der Waals surface area contributed by atoms with Gasteiger partial charge in [0.15, 0.2) is 0 Å². The molecule has 0 bridgehead atoms. The number of rotatable bonds is 15. The van der Waals surface area contributed by atoms with E-state index in [1.807, 2.05) is 6.92 Å². The molecule has 6 amide bonds. The molecule has 0 spiro atoms. The number of carbonyl (C=O) groups excluding carboxylic acids is 6. The number of hydrogen-bond donors (Lipinski definition) is 5. The van der Waals surface area contributed by atoms with Crippen LogP contribution < -0.4 is 21.3 Å². The minimum absolute atomic E-state index is 0.0282. The number of nitrogens with one attached hydrogen (secondary N) is 4. The minimum atomic E-state index is -1.16. The summed E-state index contributed by atoms with van der Waals surface area (Å²) in [5, 5.41) is 21.5. The van der Waals surface area contributed by atoms with Crippen molar-refractivity contribution in [2.75, 3.05) is 19.6 Å². The van der Waals surface area contributed by atoms with Gasteiger partial charge in [0.05, 0.1) is 6.10 Å². The Morgan fingerprint density at radius 2 is 1.25 bits per heavy atom. The van der Waals surface area contributed by atoms with Crippen molar-refractivity contribution < 1.29 is 33.9 Å². The topological polar surface area (TPSA) is 177 Å². The van der Waals surface area contributed by atoms with Gasteiger partial charge >= 0.3 is 0 Å². The fourth-order valence-electron chi connectivity index (χ4n) is 8.49. The van der Waals surface area contributed by atoms with Crippen LogP contribution in [0.1, 0.15) is 136 Å². The van der Waals surface area contributed by atoms with Gasteiger partial charge in [-0.2, -0.15) is 0 Å². The first-order chi connectivity index (χ1) is 24.5. The minimum Gasteiger partial charge on any atom is -0.391 e. The second-order valence-electron chi connectivity index (χ2n) is 15.5. The molecule has 2 aliphatic carbocycles. The van der Waals surface area contributed by atoms with Crippen LogP contribution >= 0.6 is 0 Å². The van der Waals surface area contributed by atoms with E-state index in [0.29, 0.717) is 57.7 Å². The SMILES string of the molecule is CCCNC(=O)[C@@H](NC(=O)[C@@H]1CCCN1C(=O)[C@H](C)NC(=O)[C@@H]1CCCCN1C(=O)[C@@H](NC(=O)CCC1CCCCC1)C1CCCCC1)[C@@H](C)O. The molecule has 288 valence electrons. The third kappa shape index (κ3) is 11.4. The zero-order valence-corrected chi connectivity index (χ0v) is 31.3. The smallest absolute Gasteiger partial charge is 0.246 e. The summed E-state index contributed by atoms with van der Waals surface area (Å²) >= 11 is 0. The largest absolute Gasteiger partial charge is 0.391 e. The van der Waals surface area contributed by atoms with Crippen molar-refractivity contribution in [3.8, 4) is 0 Å². The standard InChI is InChI=1S/C38H64N6O7/c1-4-22-39-36(49)32(26(3)45)42-35(48)30-19-13-24-43(30)37(50)25(2)40-34(47)29-18-11-12-23-44(29)38(51)33(28-16-9-6-10-17-28)41-31(46)21-20-27-14-7-5-8-15-27/h25-30,32-33,45H,4-24H2,1-3H3,(H,39,49)(H,40,47)(H,41,46)(H,42,48)/t25-,26+,29-,30-,32-,33-/m0/s1. The summed E-state index contributed by atoms with van der Waals surface area (Å²) in [4.78, 5) is 84.0. The summed E-state index contributed by atoms with van der Waals surface area (Å²) in [7, 11) is 0. The maximum atomic E-state index is 14.3. The first kappa shape index (κ1) is 40.5. The summed E-state index contributed by atoms with van der Waals surface area (Å²) in [6.07, 6.45) is 14.6. The van der Waals surface area contributed by atoms with E-state index in [4.69, 9.17) is 0 Å². The zero-order chi connectivity index (χ0) is 36.9. The molecule has 2 saturated heterocycles. The molecule has 0 aromatic carbocycles. The molecular weight excluding hydrogens is 652 g/mol. The van der Waals surface area contributed by atoms with E-state index < -0.39 is 59.9 Å². The third-order valence-corrected chi connectivity index (χ3v) is 11.5. The van der Waals surface area contributed by atoms with Gasteiger partial charge in [0.1, 0.15) is 30.2 Å². The first-order valence-electron chi connectivity index (χ1n) is 20.0. The van der Waals surface area contributed by atoms with E-state index >= 15 is 0 Å². The van der Waals surface area contributed by atoms with Crippen LogP contribution in [0.5, 0.6) is 0 Å². The molecule has 51 heavy (non-hydrogen) atoms. The van der Waals surface area contributed by atoms with Gasteiger partial charge in [0, 0.05) is 26.1 Å². The number of amides is 6. The lowest BCUT2D eigenvalue weighted by atomic mass is 9.82. The molecule has 6 atom stereocenters. The van der Waals surface area contributed by atoms with Gasteiger partial charge in [-0.1, -0.05) is 58.3 Å². The Balaban J connectivity index is 1.39. The van der Waals surface area contributed by atoms with Gasteiger partial charge < -0.3 is 36.2 Å². The molecule has 13 heteroatoms. The van der Waals surface area contributed by atoms with Crippen molar-refractivity contribution >= 4 is 35.4 Å². The summed E-state index contributed by atoms with van der Waals surface area (Å²) < 4.78 is 0. The number of piperidine rings is 1. The highest BCUT2D eigenvalue weighted by atomic mass is 16.3. The van der Waals surface area contributed by atoms with Crippen LogP contribution in [0.2, 0.25) is 0 Å². The number of likely N-dealkylation sites (tertiary alicyclic amines) is 2. The van der Waals surface area contributed by atoms with Crippen LogP contribution in [0, 0.1) is 11.8 Å². The fraction of sp³-hybridized carbons (Fsp3) is 0.842. The quantitative estimate of drug-likeness (QED) is 0.173. The van der Waals surface area contributed by atoms with Gasteiger partial charge in [-0.25, -0.2) is 0 Å². The average Bonchev–Trinajstić information content (AvgIpc) is 3.64. The summed E-state index contributed by atoms with van der Waals surface area (Å²) in [5.41, 5.74) is 0. The second-order valence-corrected chi connectivity index (χ2v) is 15.5. The number of carbonyl (C=O) groups is 6. The van der Waals surface area contributed by atoms with E-state index in [9.17, 15) is 33.9 Å². The van der Waals surface area contributed by atoms with Crippen LogP contribution in [-0.4, -0.2) is 106 Å². The molecule has 4 aliphatic rings. The van der Waals surface area contributed by atoms with E-state index in [2.05, 4.69) is 21.3 Å². The molecule has 2 heterocycles. The van der Waals surface area contributed by atoms with Crippen molar-refractivity contribution in [2.24, 2.45) is 11.8 Å². The molecule has 4 rings (SSSR count). The van der Waals surface area contributed by atoms with Crippen molar-refractivity contribution in [3.05, 3.63) is 0 Å². The van der Waals surface area contributed by atoms with Crippen LogP contribution in [0.25, 0.3) is 0 Å². The van der Waals surface area contributed by atoms with Crippen LogP contribution in [0.3, 0.4) is 0 Å². The monoisotopic (exact) mass is 716 g/mol. The molecular formula is C38H64N6O7. The first-order valence-corrected chi connectivity index (χ1v) is 20.0. The lowest BCUT2D eigenvalue weighted by Crippen LogP contribution is -2.61. The van der Waals surface area contributed by atoms with E-state index in [1.165, 1.54) is 31.1 Å². The Morgan fingerprint density at radius 3 is 1.90 bits per heavy atom. The molecule has 0 unspecified atom stereocenters. The Kier molecular flexibility index (Phi) is 16.0. The van der Waals surface area contributed by atoms with Gasteiger partial charge in [0.2, 0.25) is 35.4 Å². The average molecular weight is 717 g/mol. The number of aliphatic hydroxyl groups is 1. The Bertz CT molecular complexity index is 1200. The Morgan fingerprint density at radius 1 is 0.686 bits per heavy atom. The van der Waals surface area contributed by atoms with Gasteiger partial charge in [-0.15, -0.1) is 0 Å². The molecule has 4 fully saturated rings. The highest BCUT2D eigenvalue weighted by molar-refractivity contribution is 5.96. The van der Waals surface area contributed by atoms with Gasteiger partial charge in [0.25, 0.3) is 0 Å². The lowest BCUT2D eigenvalue weighted by molar-refractivity contribution is -0.148. The maximum Gasteiger partial charge on any atom is 0.246 e. The number of aliphatic hydroxyl groups excluding tert-OH is 1. The number of hydrogen-bond acceptors (Lipinski definition) is 7. The van der Waals surface area contributed by atoms with E-state index in [1.54, 1.807) is 11.8 Å². The zero-order valence-electron chi connectivity index (χ0n) is 31.3. The molecule has 2 aliphatic heterocycles. The van der Waals surface area contributed by atoms with E-state index in [0.717, 1.165) is 64.2 Å². The molecule has 2 saturated carbocycles. The maximum absolute atomic E-state index is 14.3. The second kappa shape index (κ2) is 20.1. The Labute approximate surface area is 304 Å². The Hall–Kier alpha value is -3.22. The fourth-order valence-corrected chi connectivity index (χ4v) is 8.49. The predicted octanol–water partition coefficient (Wildman–Crippen LogP) is 2.68.